The number of rotatable bonds is 4. The summed E-state index contributed by atoms with van der Waals surface area (Å²) in [6.45, 7) is 6.21. The van der Waals surface area contributed by atoms with E-state index in [1.165, 1.54) is 17.4 Å². The van der Waals surface area contributed by atoms with E-state index in [0.29, 0.717) is 23.8 Å². The number of amides is 1. The molecule has 108 valence electrons. The van der Waals surface area contributed by atoms with Crippen molar-refractivity contribution in [2.24, 2.45) is 5.92 Å². The highest BCUT2D eigenvalue weighted by molar-refractivity contribution is 7.16. The lowest BCUT2D eigenvalue weighted by molar-refractivity contribution is -0.143. The summed E-state index contributed by atoms with van der Waals surface area (Å²) in [5.41, 5.74) is 0.974. The van der Waals surface area contributed by atoms with Gasteiger partial charge in [-0.2, -0.15) is 0 Å². The summed E-state index contributed by atoms with van der Waals surface area (Å²) in [7, 11) is 0. The second kappa shape index (κ2) is 5.97. The third-order valence-corrected chi connectivity index (χ3v) is 4.96. The highest BCUT2D eigenvalue weighted by Crippen LogP contribution is 2.41. The quantitative estimate of drug-likeness (QED) is 0.869. The molecule has 0 saturated heterocycles. The van der Waals surface area contributed by atoms with Gasteiger partial charge in [-0.1, -0.05) is 25.1 Å². The first-order chi connectivity index (χ1) is 9.47. The molecule has 4 nitrogen and oxygen atoms in total. The molecule has 20 heavy (non-hydrogen) atoms. The number of carbonyl (C=O) groups is 2. The summed E-state index contributed by atoms with van der Waals surface area (Å²) < 4.78 is 0.633. The van der Waals surface area contributed by atoms with E-state index in [9.17, 15) is 14.7 Å². The number of carbonyl (C=O) groups excluding carboxylic acids is 1. The third-order valence-electron chi connectivity index (χ3n) is 3.69. The van der Waals surface area contributed by atoms with Gasteiger partial charge in [-0.15, -0.1) is 11.3 Å². The van der Waals surface area contributed by atoms with Gasteiger partial charge in [0.15, 0.2) is 0 Å². The molecule has 2 atom stereocenters. The van der Waals surface area contributed by atoms with Crippen LogP contribution < -0.4 is 0 Å². The number of hydrogen-bond acceptors (Lipinski definition) is 3. The van der Waals surface area contributed by atoms with Gasteiger partial charge in [-0.25, -0.2) is 0 Å². The first-order valence-corrected chi connectivity index (χ1v) is 7.59. The highest BCUT2D eigenvalue weighted by atomic mass is 35.5. The van der Waals surface area contributed by atoms with Crippen molar-refractivity contribution in [1.82, 2.24) is 4.90 Å². The van der Waals surface area contributed by atoms with Crippen molar-refractivity contribution in [2.45, 2.75) is 25.8 Å². The Labute approximate surface area is 126 Å². The molecule has 1 aromatic rings. The third kappa shape index (κ3) is 2.74. The molecule has 1 aromatic heterocycles. The molecule has 0 fully saturated rings. The molecule has 6 heteroatoms. The summed E-state index contributed by atoms with van der Waals surface area (Å²) in [6.07, 6.45) is 1.78. The zero-order valence-electron chi connectivity index (χ0n) is 11.1. The van der Waals surface area contributed by atoms with E-state index in [-0.39, 0.29) is 11.8 Å². The lowest BCUT2D eigenvalue weighted by Crippen LogP contribution is -2.40. The van der Waals surface area contributed by atoms with Gasteiger partial charge in [-0.3, -0.25) is 9.59 Å². The Morgan fingerprint density at radius 3 is 2.95 bits per heavy atom. The van der Waals surface area contributed by atoms with Crippen LogP contribution in [0.2, 0.25) is 4.34 Å². The van der Waals surface area contributed by atoms with E-state index in [1.54, 1.807) is 4.90 Å². The molecule has 0 radical (unpaired) electrons. The van der Waals surface area contributed by atoms with Gasteiger partial charge in [0.1, 0.15) is 0 Å². The molecular weight excluding hydrogens is 298 g/mol. The molecule has 2 heterocycles. The molecule has 0 unspecified atom stereocenters. The van der Waals surface area contributed by atoms with Crippen LogP contribution >= 0.6 is 22.9 Å². The van der Waals surface area contributed by atoms with Crippen molar-refractivity contribution < 1.29 is 14.7 Å². The fraction of sp³-hybridized carbons (Fsp3) is 0.429. The van der Waals surface area contributed by atoms with Crippen LogP contribution in [0.15, 0.2) is 18.7 Å². The molecule has 1 aliphatic rings. The number of carboxylic acids is 1. The second-order valence-electron chi connectivity index (χ2n) is 4.81. The molecular formula is C14H16ClNO3S. The monoisotopic (exact) mass is 313 g/mol. The predicted octanol–water partition coefficient (Wildman–Crippen LogP) is 3.12. The van der Waals surface area contributed by atoms with E-state index in [4.69, 9.17) is 11.6 Å². The van der Waals surface area contributed by atoms with Crippen molar-refractivity contribution in [3.8, 4) is 0 Å². The Balaban J connectivity index is 2.41. The fourth-order valence-corrected chi connectivity index (χ4v) is 4.06. The molecule has 0 aliphatic carbocycles. The van der Waals surface area contributed by atoms with E-state index >= 15 is 0 Å². The maximum absolute atomic E-state index is 11.8. The SMILES string of the molecule is C=CC(=O)N1Cc2sc(Cl)cc2[C@@H]([C@@H](CC)C(=O)O)C1. The largest absolute Gasteiger partial charge is 0.481 e. The van der Waals surface area contributed by atoms with Gasteiger partial charge in [0, 0.05) is 17.3 Å². The number of hydrogen-bond donors (Lipinski definition) is 1. The molecule has 0 aromatic carbocycles. The molecule has 1 aliphatic heterocycles. The Morgan fingerprint density at radius 1 is 1.70 bits per heavy atom. The number of fused-ring (bicyclic) bond motifs is 1. The molecule has 2 rings (SSSR count). The van der Waals surface area contributed by atoms with Crippen LogP contribution in [0.1, 0.15) is 29.7 Å². The minimum Gasteiger partial charge on any atom is -0.481 e. The first kappa shape index (κ1) is 15.1. The lowest BCUT2D eigenvalue weighted by atomic mass is 9.82. The highest BCUT2D eigenvalue weighted by Gasteiger charge is 2.36. The van der Waals surface area contributed by atoms with Crippen molar-refractivity contribution in [2.75, 3.05) is 6.54 Å². The number of aliphatic carboxylic acids is 1. The Kier molecular flexibility index (Phi) is 4.50. The summed E-state index contributed by atoms with van der Waals surface area (Å²) in [5.74, 6) is -1.74. The van der Waals surface area contributed by atoms with Crippen LogP contribution in [0.3, 0.4) is 0 Å². The number of thiophene rings is 1. The standard InChI is InChI=1S/C14H16ClNO3S/c1-3-8(14(18)19)10-6-16(13(17)4-2)7-11-9(10)5-12(15)20-11/h4-5,8,10H,2-3,6-7H2,1H3,(H,18,19)/t8-,10-/m1/s1. The Morgan fingerprint density at radius 2 is 2.40 bits per heavy atom. The van der Waals surface area contributed by atoms with Crippen LogP contribution in [0.5, 0.6) is 0 Å². The maximum atomic E-state index is 11.8. The topological polar surface area (TPSA) is 57.6 Å². The lowest BCUT2D eigenvalue weighted by Gasteiger charge is -2.34. The summed E-state index contributed by atoms with van der Waals surface area (Å²) in [4.78, 5) is 25.9. The molecule has 0 spiro atoms. The average molecular weight is 314 g/mol. The van der Waals surface area contributed by atoms with Crippen molar-refractivity contribution in [1.29, 1.82) is 0 Å². The zero-order valence-corrected chi connectivity index (χ0v) is 12.7. The van der Waals surface area contributed by atoms with Crippen LogP contribution in [0, 0.1) is 5.92 Å². The predicted molar refractivity (Wildman–Crippen MR) is 79.1 cm³/mol. The molecule has 1 N–H and O–H groups in total. The molecule has 0 saturated carbocycles. The number of carboxylic acid groups (broad SMARTS) is 1. The minimum absolute atomic E-state index is 0.176. The van der Waals surface area contributed by atoms with Gasteiger partial charge < -0.3 is 10.0 Å². The minimum atomic E-state index is -0.835. The van der Waals surface area contributed by atoms with E-state index in [1.807, 2.05) is 13.0 Å². The van der Waals surface area contributed by atoms with Gasteiger partial charge in [0.05, 0.1) is 16.8 Å². The number of nitrogens with zero attached hydrogens (tertiary/aromatic N) is 1. The van der Waals surface area contributed by atoms with Crippen molar-refractivity contribution in [3.05, 3.63) is 33.5 Å². The van der Waals surface area contributed by atoms with Gasteiger partial charge in [-0.05, 0) is 24.1 Å². The van der Waals surface area contributed by atoms with Gasteiger partial charge >= 0.3 is 5.97 Å². The smallest absolute Gasteiger partial charge is 0.307 e. The summed E-state index contributed by atoms with van der Waals surface area (Å²) >= 11 is 7.46. The molecule has 1 amide bonds. The average Bonchev–Trinajstić information content (AvgIpc) is 2.78. The zero-order chi connectivity index (χ0) is 14.9. The van der Waals surface area contributed by atoms with Crippen LogP contribution in [0.4, 0.5) is 0 Å². The van der Waals surface area contributed by atoms with E-state index < -0.39 is 11.9 Å². The normalized spacial score (nSPS) is 19.3. The Hall–Kier alpha value is -1.33. The fourth-order valence-electron chi connectivity index (χ4n) is 2.69. The van der Waals surface area contributed by atoms with Gasteiger partial charge in [0.2, 0.25) is 5.91 Å². The van der Waals surface area contributed by atoms with Crippen molar-refractivity contribution >= 4 is 34.8 Å². The van der Waals surface area contributed by atoms with Crippen molar-refractivity contribution in [3.63, 3.8) is 0 Å². The maximum Gasteiger partial charge on any atom is 0.307 e. The second-order valence-corrected chi connectivity index (χ2v) is 6.58. The van der Waals surface area contributed by atoms with Crippen LogP contribution in [-0.2, 0) is 16.1 Å². The first-order valence-electron chi connectivity index (χ1n) is 6.40. The van der Waals surface area contributed by atoms with E-state index in [2.05, 4.69) is 6.58 Å². The van der Waals surface area contributed by atoms with E-state index in [0.717, 1.165) is 10.4 Å². The van der Waals surface area contributed by atoms with Gasteiger partial charge in [0.25, 0.3) is 0 Å². The van der Waals surface area contributed by atoms with Crippen LogP contribution in [-0.4, -0.2) is 28.4 Å². The Bertz CT molecular complexity index is 555. The summed E-state index contributed by atoms with van der Waals surface area (Å²) in [6, 6.07) is 1.84. The summed E-state index contributed by atoms with van der Waals surface area (Å²) in [5, 5.41) is 9.39. The number of halogens is 1. The van der Waals surface area contributed by atoms with Crippen LogP contribution in [0.25, 0.3) is 0 Å². The molecule has 0 bridgehead atoms.